The van der Waals surface area contributed by atoms with Gasteiger partial charge in [-0.25, -0.2) is 4.98 Å². The summed E-state index contributed by atoms with van der Waals surface area (Å²) >= 11 is 5.75. The number of fused-ring (bicyclic) bond motifs is 1. The monoisotopic (exact) mass is 596 g/mol. The van der Waals surface area contributed by atoms with Crippen molar-refractivity contribution in [2.45, 2.75) is 97.1 Å². The molecule has 0 spiro atoms. The van der Waals surface area contributed by atoms with Gasteiger partial charge in [-0.3, -0.25) is 19.0 Å². The molecule has 1 aliphatic carbocycles. The number of hydrogen-bond acceptors (Lipinski definition) is 6. The zero-order chi connectivity index (χ0) is 30.1. The molecule has 1 saturated carbocycles. The molecule has 1 aromatic carbocycles. The van der Waals surface area contributed by atoms with Crippen molar-refractivity contribution in [3.05, 3.63) is 56.0 Å². The molecule has 1 fully saturated rings. The van der Waals surface area contributed by atoms with Crippen LogP contribution in [0, 0.1) is 5.92 Å². The number of carbonyl (C=O) groups is 2. The van der Waals surface area contributed by atoms with Crippen molar-refractivity contribution < 1.29 is 27.5 Å². The van der Waals surface area contributed by atoms with Gasteiger partial charge in [0.05, 0.1) is 29.4 Å². The Morgan fingerprint density at radius 3 is 2.49 bits per heavy atom. The maximum absolute atomic E-state index is 13.9. The van der Waals surface area contributed by atoms with Crippen molar-refractivity contribution >= 4 is 29.4 Å². The minimum Gasteiger partial charge on any atom is -0.466 e. The van der Waals surface area contributed by atoms with E-state index in [1.165, 1.54) is 11.0 Å². The highest BCUT2D eigenvalue weighted by molar-refractivity contribution is 6.31. The molecule has 0 radical (unpaired) electrons. The SMILES string of the molecule is CCOC(=O)CC1CCC(n2c(NC(C)C)nc3c(c2=O)C[C@@H](C)N(C(=O)c2ccc(Cl)c(C(F)(F)F)c2)C3)CC1. The molecule has 4 rings (SSSR count). The second kappa shape index (κ2) is 12.4. The summed E-state index contributed by atoms with van der Waals surface area (Å²) in [6.07, 6.45) is -1.09. The molecule has 1 amide bonds. The molecule has 2 aromatic rings. The van der Waals surface area contributed by atoms with Crippen LogP contribution in [0.4, 0.5) is 19.1 Å². The Labute approximate surface area is 242 Å². The number of halogens is 4. The second-order valence-corrected chi connectivity index (χ2v) is 11.6. The van der Waals surface area contributed by atoms with Crippen LogP contribution in [0.3, 0.4) is 0 Å². The molecule has 8 nitrogen and oxygen atoms in total. The molecule has 1 atom stereocenters. The van der Waals surface area contributed by atoms with Gasteiger partial charge in [0.1, 0.15) is 0 Å². The Kier molecular flexibility index (Phi) is 9.35. The van der Waals surface area contributed by atoms with Gasteiger partial charge in [0.25, 0.3) is 11.5 Å². The van der Waals surface area contributed by atoms with Crippen LogP contribution in [-0.4, -0.2) is 45.0 Å². The minimum atomic E-state index is -4.70. The highest BCUT2D eigenvalue weighted by atomic mass is 35.5. The fourth-order valence-electron chi connectivity index (χ4n) is 5.75. The molecule has 2 aliphatic rings. The van der Waals surface area contributed by atoms with Gasteiger partial charge < -0.3 is 15.0 Å². The largest absolute Gasteiger partial charge is 0.466 e. The molecule has 2 heterocycles. The number of rotatable bonds is 7. The maximum atomic E-state index is 13.9. The number of aromatic nitrogens is 2. The van der Waals surface area contributed by atoms with Crippen molar-refractivity contribution in [1.29, 1.82) is 0 Å². The number of anilines is 1. The van der Waals surface area contributed by atoms with Gasteiger partial charge in [0, 0.05) is 35.7 Å². The Morgan fingerprint density at radius 2 is 1.88 bits per heavy atom. The molecule has 1 N–H and O–H groups in total. The van der Waals surface area contributed by atoms with E-state index >= 15 is 0 Å². The van der Waals surface area contributed by atoms with Gasteiger partial charge in [-0.15, -0.1) is 0 Å². The standard InChI is InChI=1S/C29H36ClF3N4O4/c1-5-41-25(38)13-18-6-9-20(10-7-18)37-27(40)21-12-17(4)36(15-24(21)35-28(37)34-16(2)3)26(39)19-8-11-23(30)22(14-19)29(31,32)33/h8,11,14,16-18,20H,5-7,9-10,12-13,15H2,1-4H3,(H,34,35)/t17-,18?,20?/m1/s1. The van der Waals surface area contributed by atoms with E-state index < -0.39 is 28.7 Å². The maximum Gasteiger partial charge on any atom is 0.417 e. The van der Waals surface area contributed by atoms with Crippen LogP contribution in [0.1, 0.15) is 93.0 Å². The number of benzene rings is 1. The van der Waals surface area contributed by atoms with Gasteiger partial charge in [0.15, 0.2) is 0 Å². The van der Waals surface area contributed by atoms with Gasteiger partial charge in [0.2, 0.25) is 5.95 Å². The lowest BCUT2D eigenvalue weighted by Crippen LogP contribution is -2.46. The Hall–Kier alpha value is -3.08. The minimum absolute atomic E-state index is 0.00551. The summed E-state index contributed by atoms with van der Waals surface area (Å²) in [4.78, 5) is 45.5. The van der Waals surface area contributed by atoms with Crippen molar-refractivity contribution in [1.82, 2.24) is 14.5 Å². The number of esters is 1. The number of ether oxygens (including phenoxy) is 1. The number of carbonyl (C=O) groups excluding carboxylic acids is 2. The van der Waals surface area contributed by atoms with Crippen LogP contribution in [0.15, 0.2) is 23.0 Å². The number of alkyl halides is 3. The lowest BCUT2D eigenvalue weighted by Gasteiger charge is -2.36. The van der Waals surface area contributed by atoms with Gasteiger partial charge in [-0.1, -0.05) is 11.6 Å². The third-order valence-corrected chi connectivity index (χ3v) is 8.12. The summed E-state index contributed by atoms with van der Waals surface area (Å²) < 4.78 is 47.1. The van der Waals surface area contributed by atoms with Gasteiger partial charge >= 0.3 is 12.1 Å². The summed E-state index contributed by atoms with van der Waals surface area (Å²) in [5.41, 5.74) is -0.433. The molecular formula is C29H36ClF3N4O4. The molecule has 1 aromatic heterocycles. The fourth-order valence-corrected chi connectivity index (χ4v) is 5.97. The summed E-state index contributed by atoms with van der Waals surface area (Å²) in [5, 5.41) is 2.79. The van der Waals surface area contributed by atoms with E-state index in [-0.39, 0.29) is 48.1 Å². The van der Waals surface area contributed by atoms with E-state index in [2.05, 4.69) is 5.32 Å². The Morgan fingerprint density at radius 1 is 1.20 bits per heavy atom. The van der Waals surface area contributed by atoms with Gasteiger partial charge in [-0.05, 0) is 83.9 Å². The predicted molar refractivity (Wildman–Crippen MR) is 149 cm³/mol. The molecule has 0 unspecified atom stereocenters. The highest BCUT2D eigenvalue weighted by Crippen LogP contribution is 2.37. The quantitative estimate of drug-likeness (QED) is 0.394. The molecule has 41 heavy (non-hydrogen) atoms. The summed E-state index contributed by atoms with van der Waals surface area (Å²) in [5.74, 6) is -0.176. The highest BCUT2D eigenvalue weighted by Gasteiger charge is 2.37. The van der Waals surface area contributed by atoms with Gasteiger partial charge in [-0.2, -0.15) is 13.2 Å². The molecule has 0 bridgehead atoms. The third-order valence-electron chi connectivity index (χ3n) is 7.79. The first-order chi connectivity index (χ1) is 19.3. The molecule has 12 heteroatoms. The van der Waals surface area contributed by atoms with Crippen LogP contribution >= 0.6 is 11.6 Å². The van der Waals surface area contributed by atoms with Crippen molar-refractivity contribution in [2.75, 3.05) is 11.9 Å². The number of nitrogens with one attached hydrogen (secondary N) is 1. The first-order valence-corrected chi connectivity index (χ1v) is 14.4. The lowest BCUT2D eigenvalue weighted by molar-refractivity contribution is -0.144. The van der Waals surface area contributed by atoms with E-state index in [1.54, 1.807) is 18.4 Å². The number of amides is 1. The average Bonchev–Trinajstić information content (AvgIpc) is 2.89. The zero-order valence-corrected chi connectivity index (χ0v) is 24.4. The molecule has 0 saturated heterocycles. The fraction of sp³-hybridized carbons (Fsp3) is 0.586. The summed E-state index contributed by atoms with van der Waals surface area (Å²) in [7, 11) is 0. The van der Waals surface area contributed by atoms with E-state index in [4.69, 9.17) is 21.3 Å². The van der Waals surface area contributed by atoms with E-state index in [1.807, 2.05) is 13.8 Å². The van der Waals surface area contributed by atoms with Crippen LogP contribution < -0.4 is 10.9 Å². The van der Waals surface area contributed by atoms with Crippen LogP contribution in [0.5, 0.6) is 0 Å². The zero-order valence-electron chi connectivity index (χ0n) is 23.7. The summed E-state index contributed by atoms with van der Waals surface area (Å²) in [6.45, 7) is 7.77. The van der Waals surface area contributed by atoms with E-state index in [0.717, 1.165) is 37.8 Å². The normalized spacial score (nSPS) is 21.0. The second-order valence-electron chi connectivity index (χ2n) is 11.2. The number of nitrogens with zero attached hydrogens (tertiary/aromatic N) is 3. The van der Waals surface area contributed by atoms with E-state index in [9.17, 15) is 27.6 Å². The molecule has 224 valence electrons. The lowest BCUT2D eigenvalue weighted by atomic mass is 9.84. The van der Waals surface area contributed by atoms with Crippen molar-refractivity contribution in [3.8, 4) is 0 Å². The smallest absolute Gasteiger partial charge is 0.417 e. The first kappa shape index (κ1) is 30.9. The topological polar surface area (TPSA) is 93.5 Å². The summed E-state index contributed by atoms with van der Waals surface area (Å²) in [6, 6.07) is 2.56. The van der Waals surface area contributed by atoms with Crippen molar-refractivity contribution in [3.63, 3.8) is 0 Å². The van der Waals surface area contributed by atoms with E-state index in [0.29, 0.717) is 30.2 Å². The first-order valence-electron chi connectivity index (χ1n) is 14.0. The van der Waals surface area contributed by atoms with Crippen LogP contribution in [0.2, 0.25) is 5.02 Å². The average molecular weight is 597 g/mol. The third kappa shape index (κ3) is 6.88. The van der Waals surface area contributed by atoms with Crippen molar-refractivity contribution in [2.24, 2.45) is 5.92 Å². The van der Waals surface area contributed by atoms with Crippen LogP contribution in [-0.2, 0) is 28.7 Å². The Balaban J connectivity index is 1.61. The molecule has 1 aliphatic heterocycles. The number of hydrogen-bond donors (Lipinski definition) is 1. The Bertz CT molecular complexity index is 1350. The molecular weight excluding hydrogens is 561 g/mol. The predicted octanol–water partition coefficient (Wildman–Crippen LogP) is 6.01. The van der Waals surface area contributed by atoms with Crippen LogP contribution in [0.25, 0.3) is 0 Å².